The SMILES string of the molecule is Cc1ccc(C(=O)N(C)C2CCCC2)cc1C(=O)N(C)C1CCCC1. The maximum absolute atomic E-state index is 13.0. The average molecular weight is 342 g/mol. The Labute approximate surface area is 151 Å². The molecule has 1 aromatic carbocycles. The Morgan fingerprint density at radius 3 is 1.84 bits per heavy atom. The number of aryl methyl sites for hydroxylation is 1. The Kier molecular flexibility index (Phi) is 5.45. The molecule has 0 bridgehead atoms. The Bertz CT molecular complexity index is 643. The van der Waals surface area contributed by atoms with Gasteiger partial charge >= 0.3 is 0 Å². The van der Waals surface area contributed by atoms with Crippen LogP contribution in [0, 0.1) is 6.92 Å². The van der Waals surface area contributed by atoms with Crippen LogP contribution < -0.4 is 0 Å². The van der Waals surface area contributed by atoms with Gasteiger partial charge in [-0.2, -0.15) is 0 Å². The van der Waals surface area contributed by atoms with E-state index in [-0.39, 0.29) is 11.8 Å². The third-order valence-electron chi connectivity index (χ3n) is 6.10. The number of amides is 2. The van der Waals surface area contributed by atoms with E-state index in [2.05, 4.69) is 0 Å². The third kappa shape index (κ3) is 3.73. The quantitative estimate of drug-likeness (QED) is 0.829. The molecule has 0 aliphatic heterocycles. The summed E-state index contributed by atoms with van der Waals surface area (Å²) in [4.78, 5) is 29.5. The highest BCUT2D eigenvalue weighted by molar-refractivity contribution is 6.00. The van der Waals surface area contributed by atoms with E-state index >= 15 is 0 Å². The second kappa shape index (κ2) is 7.59. The number of hydrogen-bond acceptors (Lipinski definition) is 2. The van der Waals surface area contributed by atoms with E-state index < -0.39 is 0 Å². The van der Waals surface area contributed by atoms with Gasteiger partial charge in [-0.3, -0.25) is 9.59 Å². The van der Waals surface area contributed by atoms with Crippen molar-refractivity contribution in [2.75, 3.05) is 14.1 Å². The molecular formula is C21H30N2O2. The van der Waals surface area contributed by atoms with E-state index in [1.807, 2.05) is 43.0 Å². The van der Waals surface area contributed by atoms with Crippen LogP contribution in [0.2, 0.25) is 0 Å². The smallest absolute Gasteiger partial charge is 0.254 e. The van der Waals surface area contributed by atoms with Gasteiger partial charge in [0.25, 0.3) is 11.8 Å². The zero-order valence-electron chi connectivity index (χ0n) is 15.8. The minimum absolute atomic E-state index is 0.0319. The lowest BCUT2D eigenvalue weighted by atomic mass is 10.0. The number of carbonyl (C=O) groups is 2. The van der Waals surface area contributed by atoms with Crippen molar-refractivity contribution in [3.8, 4) is 0 Å². The molecule has 0 N–H and O–H groups in total. The van der Waals surface area contributed by atoms with Crippen LogP contribution in [0.15, 0.2) is 18.2 Å². The molecule has 0 unspecified atom stereocenters. The Morgan fingerprint density at radius 1 is 0.840 bits per heavy atom. The molecule has 3 rings (SSSR count). The molecule has 1 aromatic rings. The average Bonchev–Trinajstić information content (AvgIpc) is 3.33. The molecule has 25 heavy (non-hydrogen) atoms. The number of nitrogens with zero attached hydrogens (tertiary/aromatic N) is 2. The molecule has 0 radical (unpaired) electrons. The molecule has 4 nitrogen and oxygen atoms in total. The first-order valence-corrected chi connectivity index (χ1v) is 9.64. The van der Waals surface area contributed by atoms with Gasteiger partial charge in [0.1, 0.15) is 0 Å². The molecule has 4 heteroatoms. The predicted molar refractivity (Wildman–Crippen MR) is 99.9 cm³/mol. The van der Waals surface area contributed by atoms with Crippen molar-refractivity contribution in [3.63, 3.8) is 0 Å². The normalized spacial score (nSPS) is 18.5. The van der Waals surface area contributed by atoms with Crippen molar-refractivity contribution >= 4 is 11.8 Å². The van der Waals surface area contributed by atoms with Gasteiger partial charge in [-0.15, -0.1) is 0 Å². The van der Waals surface area contributed by atoms with E-state index in [0.29, 0.717) is 23.2 Å². The predicted octanol–water partition coefficient (Wildman–Crippen LogP) is 4.02. The van der Waals surface area contributed by atoms with E-state index in [0.717, 1.165) is 31.2 Å². The zero-order chi connectivity index (χ0) is 18.0. The summed E-state index contributed by atoms with van der Waals surface area (Å²) in [5, 5.41) is 0. The van der Waals surface area contributed by atoms with Crippen LogP contribution in [0.5, 0.6) is 0 Å². The molecular weight excluding hydrogens is 312 g/mol. The lowest BCUT2D eigenvalue weighted by Crippen LogP contribution is -2.37. The zero-order valence-corrected chi connectivity index (χ0v) is 15.8. The van der Waals surface area contributed by atoms with Crippen LogP contribution >= 0.6 is 0 Å². The van der Waals surface area contributed by atoms with Crippen molar-refractivity contribution < 1.29 is 9.59 Å². The van der Waals surface area contributed by atoms with E-state index in [1.165, 1.54) is 25.7 Å². The Hall–Kier alpha value is -1.84. The van der Waals surface area contributed by atoms with Gasteiger partial charge in [0, 0.05) is 37.3 Å². The second-order valence-corrected chi connectivity index (χ2v) is 7.74. The van der Waals surface area contributed by atoms with Gasteiger partial charge in [0.15, 0.2) is 0 Å². The van der Waals surface area contributed by atoms with E-state index in [9.17, 15) is 9.59 Å². The molecule has 136 valence electrons. The molecule has 2 amide bonds. The van der Waals surface area contributed by atoms with Gasteiger partial charge < -0.3 is 9.80 Å². The summed E-state index contributed by atoms with van der Waals surface area (Å²) >= 11 is 0. The standard InChI is InChI=1S/C21H30N2O2/c1-15-12-13-16(20(24)22(2)17-8-4-5-9-17)14-19(15)21(25)23(3)18-10-6-7-11-18/h12-14,17-18H,4-11H2,1-3H3. The highest BCUT2D eigenvalue weighted by Gasteiger charge is 2.27. The van der Waals surface area contributed by atoms with Gasteiger partial charge in [-0.05, 0) is 50.3 Å². The number of rotatable bonds is 4. The minimum atomic E-state index is 0.0319. The van der Waals surface area contributed by atoms with Gasteiger partial charge in [-0.25, -0.2) is 0 Å². The topological polar surface area (TPSA) is 40.6 Å². The Morgan fingerprint density at radius 2 is 1.32 bits per heavy atom. The van der Waals surface area contributed by atoms with E-state index in [1.54, 1.807) is 6.07 Å². The van der Waals surface area contributed by atoms with Crippen LogP contribution in [-0.2, 0) is 0 Å². The highest BCUT2D eigenvalue weighted by atomic mass is 16.2. The summed E-state index contributed by atoms with van der Waals surface area (Å²) in [6, 6.07) is 6.25. The summed E-state index contributed by atoms with van der Waals surface area (Å²) in [5.74, 6) is 0.0760. The number of benzene rings is 1. The van der Waals surface area contributed by atoms with Gasteiger partial charge in [0.05, 0.1) is 0 Å². The summed E-state index contributed by atoms with van der Waals surface area (Å²) < 4.78 is 0. The van der Waals surface area contributed by atoms with Crippen LogP contribution in [0.25, 0.3) is 0 Å². The molecule has 2 saturated carbocycles. The van der Waals surface area contributed by atoms with Crippen LogP contribution in [-0.4, -0.2) is 47.8 Å². The Balaban J connectivity index is 1.79. The lowest BCUT2D eigenvalue weighted by molar-refractivity contribution is 0.0733. The van der Waals surface area contributed by atoms with Gasteiger partial charge in [-0.1, -0.05) is 31.7 Å². The van der Waals surface area contributed by atoms with Crippen LogP contribution in [0.3, 0.4) is 0 Å². The van der Waals surface area contributed by atoms with E-state index in [4.69, 9.17) is 0 Å². The van der Waals surface area contributed by atoms with Crippen LogP contribution in [0.1, 0.15) is 77.6 Å². The lowest BCUT2D eigenvalue weighted by Gasteiger charge is -2.26. The first-order valence-electron chi connectivity index (χ1n) is 9.64. The molecule has 0 spiro atoms. The van der Waals surface area contributed by atoms with Crippen molar-refractivity contribution in [1.29, 1.82) is 0 Å². The fraction of sp³-hybridized carbons (Fsp3) is 0.619. The number of carbonyl (C=O) groups excluding carboxylic acids is 2. The maximum Gasteiger partial charge on any atom is 0.254 e. The summed E-state index contributed by atoms with van der Waals surface area (Å²) in [7, 11) is 3.79. The summed E-state index contributed by atoms with van der Waals surface area (Å²) in [6.45, 7) is 1.95. The molecule has 0 aromatic heterocycles. The fourth-order valence-corrected chi connectivity index (χ4v) is 4.29. The molecule has 0 heterocycles. The molecule has 2 aliphatic carbocycles. The largest absolute Gasteiger partial charge is 0.339 e. The molecule has 2 aliphatic rings. The maximum atomic E-state index is 13.0. The highest BCUT2D eigenvalue weighted by Crippen LogP contribution is 2.26. The fourth-order valence-electron chi connectivity index (χ4n) is 4.29. The second-order valence-electron chi connectivity index (χ2n) is 7.74. The monoisotopic (exact) mass is 342 g/mol. The van der Waals surface area contributed by atoms with Crippen molar-refractivity contribution in [3.05, 3.63) is 34.9 Å². The number of hydrogen-bond donors (Lipinski definition) is 0. The van der Waals surface area contributed by atoms with Crippen molar-refractivity contribution in [2.24, 2.45) is 0 Å². The third-order valence-corrected chi connectivity index (χ3v) is 6.10. The molecule has 2 fully saturated rings. The van der Waals surface area contributed by atoms with Gasteiger partial charge in [0.2, 0.25) is 0 Å². The summed E-state index contributed by atoms with van der Waals surface area (Å²) in [6.07, 6.45) is 9.15. The summed E-state index contributed by atoms with van der Waals surface area (Å²) in [5.41, 5.74) is 2.23. The van der Waals surface area contributed by atoms with Crippen molar-refractivity contribution in [2.45, 2.75) is 70.4 Å². The molecule has 0 atom stereocenters. The molecule has 0 saturated heterocycles. The first-order chi connectivity index (χ1) is 12.0. The van der Waals surface area contributed by atoms with Crippen LogP contribution in [0.4, 0.5) is 0 Å². The first kappa shape index (κ1) is 18.0. The minimum Gasteiger partial charge on any atom is -0.339 e. The van der Waals surface area contributed by atoms with Crippen molar-refractivity contribution in [1.82, 2.24) is 9.80 Å².